The molecule has 0 nitrogen and oxygen atoms in total. The van der Waals surface area contributed by atoms with E-state index >= 15 is 0 Å². The monoisotopic (exact) mass is 180 g/mol. The van der Waals surface area contributed by atoms with Crippen LogP contribution >= 0.6 is 11.6 Å². The minimum absolute atomic E-state index is 0.951. The molecule has 0 unspecified atom stereocenters. The van der Waals surface area contributed by atoms with E-state index in [1.807, 2.05) is 0 Å². The van der Waals surface area contributed by atoms with Crippen molar-refractivity contribution in [3.63, 3.8) is 0 Å². The SMILES string of the molecule is CCCCCC#CC#C/C=C/Cl. The highest BCUT2D eigenvalue weighted by molar-refractivity contribution is 6.25. The molecule has 12 heavy (non-hydrogen) atoms. The van der Waals surface area contributed by atoms with Crippen molar-refractivity contribution in [3.8, 4) is 23.7 Å². The lowest BCUT2D eigenvalue weighted by molar-refractivity contribution is 0.737. The van der Waals surface area contributed by atoms with E-state index in [1.165, 1.54) is 24.8 Å². The number of hydrogen-bond acceptors (Lipinski definition) is 0. The molecule has 0 heterocycles. The van der Waals surface area contributed by atoms with E-state index in [1.54, 1.807) is 6.08 Å². The Morgan fingerprint density at radius 1 is 1.25 bits per heavy atom. The first-order valence-corrected chi connectivity index (χ1v) is 4.59. The van der Waals surface area contributed by atoms with Gasteiger partial charge in [-0.2, -0.15) is 0 Å². The molecule has 0 spiro atoms. The van der Waals surface area contributed by atoms with Crippen molar-refractivity contribution in [3.05, 3.63) is 11.6 Å². The first-order valence-electron chi connectivity index (χ1n) is 4.15. The van der Waals surface area contributed by atoms with E-state index in [-0.39, 0.29) is 0 Å². The molecule has 0 fully saturated rings. The lowest BCUT2D eigenvalue weighted by atomic mass is 10.2. The normalized spacial score (nSPS) is 8.50. The van der Waals surface area contributed by atoms with Crippen molar-refractivity contribution in [1.29, 1.82) is 0 Å². The maximum absolute atomic E-state index is 5.25. The minimum atomic E-state index is 0.951. The number of halogens is 1. The summed E-state index contributed by atoms with van der Waals surface area (Å²) in [5.41, 5.74) is 1.38. The van der Waals surface area contributed by atoms with Crippen molar-refractivity contribution in [2.75, 3.05) is 0 Å². The smallest absolute Gasteiger partial charge is 0.0126 e. The van der Waals surface area contributed by atoms with Gasteiger partial charge in [-0.3, -0.25) is 0 Å². The van der Waals surface area contributed by atoms with Crippen LogP contribution in [0.1, 0.15) is 32.6 Å². The van der Waals surface area contributed by atoms with Gasteiger partial charge in [0.2, 0.25) is 0 Å². The Morgan fingerprint density at radius 3 is 2.75 bits per heavy atom. The summed E-state index contributed by atoms with van der Waals surface area (Å²) in [6.45, 7) is 2.18. The number of rotatable bonds is 3. The predicted octanol–water partition coefficient (Wildman–Crippen LogP) is 3.33. The van der Waals surface area contributed by atoms with E-state index in [4.69, 9.17) is 11.6 Å². The van der Waals surface area contributed by atoms with Crippen LogP contribution in [0.3, 0.4) is 0 Å². The van der Waals surface area contributed by atoms with E-state index in [0.29, 0.717) is 0 Å². The lowest BCUT2D eigenvalue weighted by Crippen LogP contribution is -1.70. The fourth-order valence-electron chi connectivity index (χ4n) is 0.679. The fraction of sp³-hybridized carbons (Fsp3) is 0.455. The fourth-order valence-corrected chi connectivity index (χ4v) is 0.742. The van der Waals surface area contributed by atoms with Crippen molar-refractivity contribution in [2.24, 2.45) is 0 Å². The van der Waals surface area contributed by atoms with Crippen LogP contribution in [0.2, 0.25) is 0 Å². The zero-order valence-electron chi connectivity index (χ0n) is 7.36. The van der Waals surface area contributed by atoms with Gasteiger partial charge in [0.25, 0.3) is 0 Å². The number of unbranched alkanes of at least 4 members (excludes halogenated alkanes) is 3. The number of allylic oxidation sites excluding steroid dienone is 1. The van der Waals surface area contributed by atoms with Gasteiger partial charge in [0.15, 0.2) is 0 Å². The summed E-state index contributed by atoms with van der Waals surface area (Å²) in [7, 11) is 0. The first kappa shape index (κ1) is 11.2. The standard InChI is InChI=1S/C11H13Cl/c1-2-3-4-5-6-7-8-9-10-11-12/h10-11H,2-5H2,1H3/b11-10+. The molecule has 0 aromatic heterocycles. The zero-order valence-corrected chi connectivity index (χ0v) is 8.12. The van der Waals surface area contributed by atoms with Gasteiger partial charge in [-0.05, 0) is 18.3 Å². The van der Waals surface area contributed by atoms with Crippen LogP contribution in [0, 0.1) is 23.7 Å². The summed E-state index contributed by atoms with van der Waals surface area (Å²) in [6, 6.07) is 0. The molecule has 0 saturated heterocycles. The second-order valence-electron chi connectivity index (χ2n) is 2.32. The summed E-state index contributed by atoms with van der Waals surface area (Å²) >= 11 is 5.25. The van der Waals surface area contributed by atoms with Gasteiger partial charge < -0.3 is 0 Å². The van der Waals surface area contributed by atoms with Crippen LogP contribution in [0.25, 0.3) is 0 Å². The third-order valence-electron chi connectivity index (χ3n) is 1.27. The third-order valence-corrected chi connectivity index (χ3v) is 1.40. The Hall–Kier alpha value is -0.850. The van der Waals surface area contributed by atoms with Crippen LogP contribution in [-0.2, 0) is 0 Å². The van der Waals surface area contributed by atoms with Crippen LogP contribution in [-0.4, -0.2) is 0 Å². The van der Waals surface area contributed by atoms with Crippen LogP contribution in [0.5, 0.6) is 0 Å². The molecule has 0 aliphatic carbocycles. The molecule has 0 aromatic carbocycles. The quantitative estimate of drug-likeness (QED) is 0.462. The third kappa shape index (κ3) is 9.15. The largest absolute Gasteiger partial charge is 0.0923 e. The van der Waals surface area contributed by atoms with Gasteiger partial charge in [0.05, 0.1) is 0 Å². The van der Waals surface area contributed by atoms with Gasteiger partial charge in [0, 0.05) is 18.0 Å². The molecule has 0 bridgehead atoms. The van der Waals surface area contributed by atoms with Gasteiger partial charge in [-0.1, -0.05) is 43.2 Å². The minimum Gasteiger partial charge on any atom is -0.0923 e. The van der Waals surface area contributed by atoms with Crippen LogP contribution in [0.4, 0.5) is 0 Å². The molecule has 0 aromatic rings. The molecule has 0 saturated carbocycles. The van der Waals surface area contributed by atoms with Crippen molar-refractivity contribution in [2.45, 2.75) is 32.6 Å². The molecule has 1 heteroatoms. The van der Waals surface area contributed by atoms with E-state index < -0.39 is 0 Å². The summed E-state index contributed by atoms with van der Waals surface area (Å²) in [4.78, 5) is 0. The second-order valence-corrected chi connectivity index (χ2v) is 2.57. The highest BCUT2D eigenvalue weighted by atomic mass is 35.5. The lowest BCUT2D eigenvalue weighted by Gasteiger charge is -1.86. The van der Waals surface area contributed by atoms with Crippen LogP contribution in [0.15, 0.2) is 11.6 Å². The summed E-state index contributed by atoms with van der Waals surface area (Å²) < 4.78 is 0. The Morgan fingerprint density at radius 2 is 2.08 bits per heavy atom. The van der Waals surface area contributed by atoms with Gasteiger partial charge >= 0.3 is 0 Å². The molecule has 0 N–H and O–H groups in total. The Bertz CT molecular complexity index is 229. The average molecular weight is 181 g/mol. The van der Waals surface area contributed by atoms with Crippen molar-refractivity contribution >= 4 is 11.6 Å². The molecular weight excluding hydrogens is 168 g/mol. The summed E-state index contributed by atoms with van der Waals surface area (Å²) in [5.74, 6) is 11.1. The maximum Gasteiger partial charge on any atom is 0.0126 e. The van der Waals surface area contributed by atoms with Crippen molar-refractivity contribution in [1.82, 2.24) is 0 Å². The molecule has 0 atom stereocenters. The maximum atomic E-state index is 5.25. The molecule has 0 amide bonds. The van der Waals surface area contributed by atoms with E-state index in [2.05, 4.69) is 30.6 Å². The second kappa shape index (κ2) is 10.2. The first-order chi connectivity index (χ1) is 5.91. The topological polar surface area (TPSA) is 0 Å². The molecule has 64 valence electrons. The van der Waals surface area contributed by atoms with Crippen molar-refractivity contribution < 1.29 is 0 Å². The summed E-state index contributed by atoms with van der Waals surface area (Å²) in [5, 5.41) is 0. The highest BCUT2D eigenvalue weighted by Gasteiger charge is 1.79. The molecule has 0 aliphatic rings. The van der Waals surface area contributed by atoms with E-state index in [0.717, 1.165) is 6.42 Å². The highest BCUT2D eigenvalue weighted by Crippen LogP contribution is 1.96. The Balaban J connectivity index is 3.42. The Kier molecular flexibility index (Phi) is 9.43. The van der Waals surface area contributed by atoms with Crippen LogP contribution < -0.4 is 0 Å². The summed E-state index contributed by atoms with van der Waals surface area (Å²) in [6.07, 6.45) is 6.19. The molecule has 0 aliphatic heterocycles. The molecule has 0 radical (unpaired) electrons. The predicted molar refractivity (Wildman–Crippen MR) is 54.7 cm³/mol. The van der Waals surface area contributed by atoms with Gasteiger partial charge in [-0.25, -0.2) is 0 Å². The average Bonchev–Trinajstić information content (AvgIpc) is 2.10. The molecular formula is C11H13Cl. The van der Waals surface area contributed by atoms with Gasteiger partial charge in [-0.15, -0.1) is 0 Å². The number of hydrogen-bond donors (Lipinski definition) is 0. The zero-order chi connectivity index (χ0) is 9.07. The molecule has 0 rings (SSSR count). The van der Waals surface area contributed by atoms with E-state index in [9.17, 15) is 0 Å². The Labute approximate surface area is 80.0 Å². The van der Waals surface area contributed by atoms with Gasteiger partial charge in [0.1, 0.15) is 0 Å².